The maximum Gasteiger partial charge on any atom is 0.227 e. The van der Waals surface area contributed by atoms with Crippen LogP contribution in [0.3, 0.4) is 0 Å². The highest BCUT2D eigenvalue weighted by atomic mass is 16.4. The molecule has 0 bridgehead atoms. The molecule has 0 amide bonds. The van der Waals surface area contributed by atoms with E-state index in [-0.39, 0.29) is 0 Å². The minimum atomic E-state index is 0.650. The summed E-state index contributed by atoms with van der Waals surface area (Å²) in [5.74, 6) is 1.45. The summed E-state index contributed by atoms with van der Waals surface area (Å²) in [6, 6.07) is 29.0. The van der Waals surface area contributed by atoms with Crippen molar-refractivity contribution >= 4 is 5.69 Å². The number of benzene rings is 3. The van der Waals surface area contributed by atoms with E-state index in [4.69, 9.17) is 9.40 Å². The first kappa shape index (κ1) is 20.0. The molecule has 152 valence electrons. The van der Waals surface area contributed by atoms with Crippen molar-refractivity contribution in [3.63, 3.8) is 0 Å². The fourth-order valence-electron chi connectivity index (χ4n) is 3.75. The minimum Gasteiger partial charge on any atom is -0.435 e. The summed E-state index contributed by atoms with van der Waals surface area (Å²) >= 11 is 0. The van der Waals surface area contributed by atoms with Crippen molar-refractivity contribution in [1.29, 1.82) is 0 Å². The van der Waals surface area contributed by atoms with E-state index in [9.17, 15) is 0 Å². The summed E-state index contributed by atoms with van der Waals surface area (Å²) in [5.41, 5.74) is 5.20. The Morgan fingerprint density at radius 2 is 1.23 bits per heavy atom. The second kappa shape index (κ2) is 9.45. The smallest absolute Gasteiger partial charge is 0.227 e. The Kier molecular flexibility index (Phi) is 6.29. The highest BCUT2D eigenvalue weighted by Crippen LogP contribution is 2.36. The summed E-state index contributed by atoms with van der Waals surface area (Å²) in [7, 11) is 0. The van der Waals surface area contributed by atoms with Crippen LogP contribution in [0.1, 0.15) is 26.7 Å². The summed E-state index contributed by atoms with van der Waals surface area (Å²) in [6.07, 6.45) is 2.28. The molecule has 3 heteroatoms. The number of anilines is 1. The van der Waals surface area contributed by atoms with Crippen LogP contribution in [0.25, 0.3) is 34.0 Å². The van der Waals surface area contributed by atoms with Crippen LogP contribution < -0.4 is 4.90 Å². The average Bonchev–Trinajstić information content (AvgIpc) is 3.26. The number of aromatic nitrogens is 1. The van der Waals surface area contributed by atoms with Gasteiger partial charge in [0.15, 0.2) is 5.76 Å². The SMILES string of the molecule is CCCN(CCC)c1ccc(-c2nc(-c3ccccc3)c(-c3ccccc3)o2)cc1. The largest absolute Gasteiger partial charge is 0.435 e. The molecule has 30 heavy (non-hydrogen) atoms. The Morgan fingerprint density at radius 1 is 0.667 bits per heavy atom. The Hall–Kier alpha value is -3.33. The summed E-state index contributed by atoms with van der Waals surface area (Å²) in [4.78, 5) is 7.33. The van der Waals surface area contributed by atoms with Gasteiger partial charge in [0, 0.05) is 35.5 Å². The topological polar surface area (TPSA) is 29.3 Å². The first-order valence-electron chi connectivity index (χ1n) is 10.8. The molecule has 4 rings (SSSR count). The molecule has 0 aliphatic carbocycles. The first-order valence-corrected chi connectivity index (χ1v) is 10.8. The molecule has 0 aliphatic rings. The number of oxazole rings is 1. The fourth-order valence-corrected chi connectivity index (χ4v) is 3.75. The van der Waals surface area contributed by atoms with Crippen molar-refractivity contribution < 1.29 is 4.42 Å². The van der Waals surface area contributed by atoms with E-state index in [2.05, 4.69) is 67.3 Å². The van der Waals surface area contributed by atoms with Gasteiger partial charge in [0.25, 0.3) is 0 Å². The summed E-state index contributed by atoms with van der Waals surface area (Å²) in [6.45, 7) is 6.59. The summed E-state index contributed by atoms with van der Waals surface area (Å²) in [5, 5.41) is 0. The monoisotopic (exact) mass is 396 g/mol. The van der Waals surface area contributed by atoms with Gasteiger partial charge in [0.05, 0.1) is 0 Å². The van der Waals surface area contributed by atoms with E-state index < -0.39 is 0 Å². The molecule has 1 heterocycles. The van der Waals surface area contributed by atoms with Crippen LogP contribution in [0, 0.1) is 0 Å². The molecule has 0 fully saturated rings. The van der Waals surface area contributed by atoms with Gasteiger partial charge in [-0.1, -0.05) is 74.5 Å². The summed E-state index contributed by atoms with van der Waals surface area (Å²) < 4.78 is 6.31. The van der Waals surface area contributed by atoms with Gasteiger partial charge in [-0.05, 0) is 37.1 Å². The lowest BCUT2D eigenvalue weighted by molar-refractivity contribution is 0.589. The second-order valence-electron chi connectivity index (χ2n) is 7.46. The fraction of sp³-hybridized carbons (Fsp3) is 0.222. The number of rotatable bonds is 8. The lowest BCUT2D eigenvalue weighted by atomic mass is 10.1. The molecule has 4 aromatic rings. The van der Waals surface area contributed by atoms with E-state index in [1.54, 1.807) is 0 Å². The third kappa shape index (κ3) is 4.30. The zero-order chi connectivity index (χ0) is 20.8. The molecule has 1 aromatic heterocycles. The molecule has 0 aliphatic heterocycles. The zero-order valence-electron chi connectivity index (χ0n) is 17.7. The van der Waals surface area contributed by atoms with Gasteiger partial charge >= 0.3 is 0 Å². The highest BCUT2D eigenvalue weighted by Gasteiger charge is 2.18. The van der Waals surface area contributed by atoms with Gasteiger partial charge in [-0.3, -0.25) is 0 Å². The van der Waals surface area contributed by atoms with Gasteiger partial charge < -0.3 is 9.32 Å². The molecule has 0 unspecified atom stereocenters. The lowest BCUT2D eigenvalue weighted by Crippen LogP contribution is -2.24. The molecule has 0 saturated carbocycles. The normalized spacial score (nSPS) is 10.9. The second-order valence-corrected chi connectivity index (χ2v) is 7.46. The number of hydrogen-bond donors (Lipinski definition) is 0. The van der Waals surface area contributed by atoms with Crippen LogP contribution in [0.15, 0.2) is 89.3 Å². The van der Waals surface area contributed by atoms with Gasteiger partial charge in [0.2, 0.25) is 5.89 Å². The van der Waals surface area contributed by atoms with Gasteiger partial charge in [0.1, 0.15) is 5.69 Å². The molecule has 0 spiro atoms. The van der Waals surface area contributed by atoms with Gasteiger partial charge in [-0.15, -0.1) is 0 Å². The standard InChI is InChI=1S/C27H28N2O/c1-3-19-29(20-4-2)24-17-15-23(16-18-24)27-28-25(21-11-7-5-8-12-21)26(30-27)22-13-9-6-10-14-22/h5-18H,3-4,19-20H2,1-2H3. The minimum absolute atomic E-state index is 0.650. The third-order valence-electron chi connectivity index (χ3n) is 5.18. The van der Waals surface area contributed by atoms with E-state index in [1.807, 2.05) is 36.4 Å². The number of hydrogen-bond acceptors (Lipinski definition) is 3. The van der Waals surface area contributed by atoms with Crippen molar-refractivity contribution in [2.45, 2.75) is 26.7 Å². The Bertz CT molecular complexity index is 990. The van der Waals surface area contributed by atoms with E-state index in [0.29, 0.717) is 5.89 Å². The van der Waals surface area contributed by atoms with E-state index >= 15 is 0 Å². The maximum atomic E-state index is 6.31. The van der Waals surface area contributed by atoms with Crippen LogP contribution in [0.5, 0.6) is 0 Å². The van der Waals surface area contributed by atoms with Crippen molar-refractivity contribution in [2.24, 2.45) is 0 Å². The van der Waals surface area contributed by atoms with Crippen molar-refractivity contribution in [1.82, 2.24) is 4.98 Å². The first-order chi connectivity index (χ1) is 14.8. The predicted molar refractivity (Wildman–Crippen MR) is 126 cm³/mol. The number of nitrogens with zero attached hydrogens (tertiary/aromatic N) is 2. The van der Waals surface area contributed by atoms with Crippen molar-refractivity contribution in [3.05, 3.63) is 84.9 Å². The molecule has 0 atom stereocenters. The molecule has 0 saturated heterocycles. The van der Waals surface area contributed by atoms with Crippen molar-refractivity contribution in [2.75, 3.05) is 18.0 Å². The van der Waals surface area contributed by atoms with Gasteiger partial charge in [-0.2, -0.15) is 0 Å². The molecule has 0 radical (unpaired) electrons. The third-order valence-corrected chi connectivity index (χ3v) is 5.18. The average molecular weight is 397 g/mol. The maximum absolute atomic E-state index is 6.31. The van der Waals surface area contributed by atoms with Crippen LogP contribution in [-0.4, -0.2) is 18.1 Å². The van der Waals surface area contributed by atoms with E-state index in [0.717, 1.165) is 54.1 Å². The van der Waals surface area contributed by atoms with E-state index in [1.165, 1.54) is 5.69 Å². The molecular formula is C27H28N2O. The predicted octanol–water partition coefficient (Wildman–Crippen LogP) is 7.30. The lowest BCUT2D eigenvalue weighted by Gasteiger charge is -2.23. The molecule has 3 nitrogen and oxygen atoms in total. The highest BCUT2D eigenvalue weighted by molar-refractivity contribution is 5.79. The van der Waals surface area contributed by atoms with Crippen LogP contribution in [0.2, 0.25) is 0 Å². The van der Waals surface area contributed by atoms with Crippen LogP contribution in [0.4, 0.5) is 5.69 Å². The van der Waals surface area contributed by atoms with Gasteiger partial charge in [-0.25, -0.2) is 4.98 Å². The van der Waals surface area contributed by atoms with Crippen LogP contribution >= 0.6 is 0 Å². The molecule has 3 aromatic carbocycles. The zero-order valence-corrected chi connectivity index (χ0v) is 17.7. The molecular weight excluding hydrogens is 368 g/mol. The Balaban J connectivity index is 1.72. The quantitative estimate of drug-likeness (QED) is 0.313. The molecule has 0 N–H and O–H groups in total. The Morgan fingerprint density at radius 3 is 1.80 bits per heavy atom. The van der Waals surface area contributed by atoms with Crippen LogP contribution in [-0.2, 0) is 0 Å². The van der Waals surface area contributed by atoms with Crippen molar-refractivity contribution in [3.8, 4) is 34.0 Å². The Labute approximate surface area is 179 Å².